The number of halogens is 1. The molecule has 1 heterocycles. The van der Waals surface area contributed by atoms with Gasteiger partial charge in [-0.2, -0.15) is 0 Å². The molecule has 0 unspecified atom stereocenters. The fourth-order valence-corrected chi connectivity index (χ4v) is 1.98. The van der Waals surface area contributed by atoms with E-state index >= 15 is 0 Å². The first-order valence-electron chi connectivity index (χ1n) is 5.93. The van der Waals surface area contributed by atoms with Crippen LogP contribution in [-0.2, 0) is 11.3 Å². The largest absolute Gasteiger partial charge is 0.497 e. The van der Waals surface area contributed by atoms with Gasteiger partial charge in [-0.25, -0.2) is 4.79 Å². The molecule has 110 valence electrons. The molecule has 0 saturated carbocycles. The van der Waals surface area contributed by atoms with Crippen molar-refractivity contribution in [2.75, 3.05) is 12.4 Å². The van der Waals surface area contributed by atoms with E-state index in [9.17, 15) is 14.4 Å². The van der Waals surface area contributed by atoms with Gasteiger partial charge in [-0.3, -0.25) is 19.1 Å². The second-order valence-corrected chi connectivity index (χ2v) is 5.00. The smallest absolute Gasteiger partial charge is 0.328 e. The zero-order valence-electron chi connectivity index (χ0n) is 11.1. The van der Waals surface area contributed by atoms with Crippen LogP contribution in [0.5, 0.6) is 5.75 Å². The van der Waals surface area contributed by atoms with Crippen molar-refractivity contribution in [3.63, 3.8) is 0 Å². The van der Waals surface area contributed by atoms with Crippen LogP contribution in [0.2, 0.25) is 0 Å². The Morgan fingerprint density at radius 1 is 1.33 bits per heavy atom. The summed E-state index contributed by atoms with van der Waals surface area (Å²) in [6.45, 7) is -0.208. The Hall–Kier alpha value is -2.35. The van der Waals surface area contributed by atoms with Crippen molar-refractivity contribution in [1.29, 1.82) is 0 Å². The molecule has 0 aliphatic carbocycles. The number of carbonyl (C=O) groups excluding carboxylic acids is 1. The Labute approximate surface area is 127 Å². The van der Waals surface area contributed by atoms with Gasteiger partial charge >= 0.3 is 5.69 Å². The molecule has 1 aromatic heterocycles. The number of methoxy groups -OCH3 is 1. The first kappa shape index (κ1) is 15.0. The SMILES string of the molecule is COc1ccc(NC(=O)Cn2cc(Br)c(=O)[nH]c2=O)cc1. The molecule has 0 aliphatic rings. The number of H-pyrrole nitrogens is 1. The van der Waals surface area contributed by atoms with Crippen molar-refractivity contribution in [2.45, 2.75) is 6.54 Å². The summed E-state index contributed by atoms with van der Waals surface area (Å²) in [5.74, 6) is 0.287. The van der Waals surface area contributed by atoms with Gasteiger partial charge < -0.3 is 10.1 Å². The first-order chi connectivity index (χ1) is 9.99. The summed E-state index contributed by atoms with van der Waals surface area (Å²) in [7, 11) is 1.55. The number of anilines is 1. The number of benzene rings is 1. The fourth-order valence-electron chi connectivity index (χ4n) is 1.63. The zero-order chi connectivity index (χ0) is 15.4. The molecular weight excluding hydrogens is 342 g/mol. The van der Waals surface area contributed by atoms with E-state index in [0.717, 1.165) is 4.57 Å². The summed E-state index contributed by atoms with van der Waals surface area (Å²) in [4.78, 5) is 36.7. The lowest BCUT2D eigenvalue weighted by atomic mass is 10.3. The maximum Gasteiger partial charge on any atom is 0.328 e. The van der Waals surface area contributed by atoms with Gasteiger partial charge in [0.2, 0.25) is 5.91 Å². The Morgan fingerprint density at radius 2 is 2.00 bits per heavy atom. The number of rotatable bonds is 4. The first-order valence-corrected chi connectivity index (χ1v) is 6.72. The van der Waals surface area contributed by atoms with Crippen molar-refractivity contribution in [1.82, 2.24) is 9.55 Å². The summed E-state index contributed by atoms with van der Waals surface area (Å²) < 4.78 is 6.29. The highest BCUT2D eigenvalue weighted by molar-refractivity contribution is 9.10. The van der Waals surface area contributed by atoms with Crippen molar-refractivity contribution in [3.8, 4) is 5.75 Å². The maximum atomic E-state index is 11.9. The topological polar surface area (TPSA) is 93.2 Å². The molecule has 0 bridgehead atoms. The summed E-state index contributed by atoms with van der Waals surface area (Å²) in [5.41, 5.74) is -0.600. The van der Waals surface area contributed by atoms with Crippen LogP contribution in [0.4, 0.5) is 5.69 Å². The van der Waals surface area contributed by atoms with Crippen molar-refractivity contribution < 1.29 is 9.53 Å². The van der Waals surface area contributed by atoms with E-state index in [4.69, 9.17) is 4.74 Å². The number of amides is 1. The highest BCUT2D eigenvalue weighted by atomic mass is 79.9. The van der Waals surface area contributed by atoms with Gasteiger partial charge in [-0.1, -0.05) is 0 Å². The normalized spacial score (nSPS) is 10.2. The van der Waals surface area contributed by atoms with E-state index in [1.165, 1.54) is 6.20 Å². The van der Waals surface area contributed by atoms with E-state index in [0.29, 0.717) is 11.4 Å². The Kier molecular flexibility index (Phi) is 4.59. The van der Waals surface area contributed by atoms with Crippen LogP contribution in [0.1, 0.15) is 0 Å². The summed E-state index contributed by atoms with van der Waals surface area (Å²) in [6, 6.07) is 6.78. The van der Waals surface area contributed by atoms with Gasteiger partial charge in [0.05, 0.1) is 11.6 Å². The van der Waals surface area contributed by atoms with Crippen molar-refractivity contribution in [2.24, 2.45) is 0 Å². The van der Waals surface area contributed by atoms with Crippen molar-refractivity contribution >= 4 is 27.5 Å². The van der Waals surface area contributed by atoms with Crippen LogP contribution < -0.4 is 21.3 Å². The van der Waals surface area contributed by atoms with Crippen LogP contribution in [0.25, 0.3) is 0 Å². The molecule has 0 atom stereocenters. The average molecular weight is 354 g/mol. The van der Waals surface area contributed by atoms with Crippen molar-refractivity contribution in [3.05, 3.63) is 55.8 Å². The molecule has 21 heavy (non-hydrogen) atoms. The van der Waals surface area contributed by atoms with Gasteiger partial charge in [0, 0.05) is 11.9 Å². The molecule has 8 heteroatoms. The molecule has 0 saturated heterocycles. The molecule has 0 aliphatic heterocycles. The number of aromatic nitrogens is 2. The lowest BCUT2D eigenvalue weighted by Crippen LogP contribution is -2.33. The fraction of sp³-hybridized carbons (Fsp3) is 0.154. The number of hydrogen-bond acceptors (Lipinski definition) is 4. The molecule has 2 rings (SSSR count). The summed E-state index contributed by atoms with van der Waals surface area (Å²) >= 11 is 3.00. The van der Waals surface area contributed by atoms with Gasteiger partial charge in [-0.05, 0) is 40.2 Å². The van der Waals surface area contributed by atoms with Crippen LogP contribution >= 0.6 is 15.9 Å². The second kappa shape index (κ2) is 6.40. The quantitative estimate of drug-likeness (QED) is 0.855. The standard InChI is InChI=1S/C13H12BrN3O4/c1-21-9-4-2-8(3-5-9)15-11(18)7-17-6-10(14)12(19)16-13(17)20/h2-6H,7H2,1H3,(H,15,18)(H,16,19,20). The maximum absolute atomic E-state index is 11.9. The minimum absolute atomic E-state index is 0.180. The highest BCUT2D eigenvalue weighted by Gasteiger charge is 2.07. The monoisotopic (exact) mass is 353 g/mol. The van der Waals surface area contributed by atoms with E-state index in [1.807, 2.05) is 0 Å². The van der Waals surface area contributed by atoms with Gasteiger partial charge in [0.25, 0.3) is 5.56 Å². The number of aromatic amines is 1. The van der Waals surface area contributed by atoms with Crippen LogP contribution in [-0.4, -0.2) is 22.6 Å². The van der Waals surface area contributed by atoms with Crippen LogP contribution in [0, 0.1) is 0 Å². The third-order valence-corrected chi connectivity index (χ3v) is 3.22. The molecule has 1 amide bonds. The number of nitrogens with one attached hydrogen (secondary N) is 2. The minimum atomic E-state index is -0.645. The molecule has 2 aromatic rings. The molecular formula is C13H12BrN3O4. The Balaban J connectivity index is 2.09. The number of nitrogens with zero attached hydrogens (tertiary/aromatic N) is 1. The molecule has 2 N–H and O–H groups in total. The lowest BCUT2D eigenvalue weighted by molar-refractivity contribution is -0.116. The molecule has 0 fully saturated rings. The number of ether oxygens (including phenoxy) is 1. The zero-order valence-corrected chi connectivity index (χ0v) is 12.6. The molecule has 0 spiro atoms. The van der Waals surface area contributed by atoms with Gasteiger partial charge in [0.1, 0.15) is 12.3 Å². The summed E-state index contributed by atoms with van der Waals surface area (Å²) in [6.07, 6.45) is 1.27. The Morgan fingerprint density at radius 3 is 2.62 bits per heavy atom. The van der Waals surface area contributed by atoms with Gasteiger partial charge in [-0.15, -0.1) is 0 Å². The predicted molar refractivity (Wildman–Crippen MR) is 80.6 cm³/mol. The van der Waals surface area contributed by atoms with Crippen LogP contribution in [0.3, 0.4) is 0 Å². The third kappa shape index (κ3) is 3.82. The lowest BCUT2D eigenvalue weighted by Gasteiger charge is -2.08. The minimum Gasteiger partial charge on any atom is -0.497 e. The Bertz CT molecular complexity index is 764. The summed E-state index contributed by atoms with van der Waals surface area (Å²) in [5, 5.41) is 2.64. The van der Waals surface area contributed by atoms with E-state index in [1.54, 1.807) is 31.4 Å². The number of carbonyl (C=O) groups is 1. The molecule has 1 aromatic carbocycles. The molecule has 7 nitrogen and oxygen atoms in total. The third-order valence-electron chi connectivity index (χ3n) is 2.66. The van der Waals surface area contributed by atoms with Gasteiger partial charge in [0.15, 0.2) is 0 Å². The number of hydrogen-bond donors (Lipinski definition) is 2. The predicted octanol–water partition coefficient (Wildman–Crippen LogP) is 0.946. The van der Waals surface area contributed by atoms with E-state index in [-0.39, 0.29) is 16.9 Å². The second-order valence-electron chi connectivity index (χ2n) is 4.14. The van der Waals surface area contributed by atoms with E-state index < -0.39 is 11.2 Å². The molecule has 0 radical (unpaired) electrons. The highest BCUT2D eigenvalue weighted by Crippen LogP contribution is 2.14. The average Bonchev–Trinajstić information content (AvgIpc) is 2.45. The van der Waals surface area contributed by atoms with Crippen LogP contribution in [0.15, 0.2) is 44.5 Å². The van der Waals surface area contributed by atoms with E-state index in [2.05, 4.69) is 26.2 Å².